The van der Waals surface area contributed by atoms with Gasteiger partial charge in [0.2, 0.25) is 0 Å². The van der Waals surface area contributed by atoms with Gasteiger partial charge in [0.25, 0.3) is 11.8 Å². The summed E-state index contributed by atoms with van der Waals surface area (Å²) in [5.41, 5.74) is -0.684. The molecule has 2 aromatic rings. The minimum absolute atomic E-state index is 0.133. The number of fused-ring (bicyclic) bond motifs is 1. The molecule has 0 saturated carbocycles. The summed E-state index contributed by atoms with van der Waals surface area (Å²) in [6, 6.07) is 13.1. The van der Waals surface area contributed by atoms with E-state index in [9.17, 15) is 19.2 Å². The maximum atomic E-state index is 13.6. The molecule has 0 radical (unpaired) electrons. The lowest BCUT2D eigenvalue weighted by Crippen LogP contribution is -2.53. The highest BCUT2D eigenvalue weighted by atomic mass is 79.9. The Morgan fingerprint density at radius 1 is 1.06 bits per heavy atom. The zero-order chi connectivity index (χ0) is 25.3. The molecule has 2 heterocycles. The molecule has 2 aliphatic rings. The first-order valence-electron chi connectivity index (χ1n) is 11.0. The molecule has 1 atom stereocenters. The first-order valence-corrected chi connectivity index (χ1v) is 11.8. The van der Waals surface area contributed by atoms with Gasteiger partial charge >= 0.3 is 12.1 Å². The Morgan fingerprint density at radius 2 is 1.68 bits per heavy atom. The van der Waals surface area contributed by atoms with Gasteiger partial charge in [-0.25, -0.2) is 9.59 Å². The van der Waals surface area contributed by atoms with Crippen LogP contribution in [0.15, 0.2) is 53.0 Å². The van der Waals surface area contributed by atoms with E-state index < -0.39 is 29.2 Å². The molecule has 0 bridgehead atoms. The number of hydrogen-bond acceptors (Lipinski definition) is 5. The molecule has 8 nitrogen and oxygen atoms in total. The molecular formula is C25H28BrN3O5. The molecule has 0 aromatic heterocycles. The molecule has 2 aromatic carbocycles. The van der Waals surface area contributed by atoms with Crippen LogP contribution in [0.25, 0.3) is 0 Å². The third-order valence-electron chi connectivity index (χ3n) is 5.33. The third-order valence-corrected chi connectivity index (χ3v) is 5.86. The van der Waals surface area contributed by atoms with Crippen LogP contribution < -0.4 is 5.32 Å². The predicted octanol–water partition coefficient (Wildman–Crippen LogP) is 4.81. The fraction of sp³-hybridized carbons (Fsp3) is 0.360. The van der Waals surface area contributed by atoms with Gasteiger partial charge in [0.15, 0.2) is 5.54 Å². The van der Waals surface area contributed by atoms with Gasteiger partial charge in [0.1, 0.15) is 5.60 Å². The van der Waals surface area contributed by atoms with Gasteiger partial charge in [-0.2, -0.15) is 4.90 Å². The number of nitrogens with one attached hydrogen (secondary N) is 1. The second kappa shape index (κ2) is 9.58. The van der Waals surface area contributed by atoms with Crippen molar-refractivity contribution >= 4 is 39.9 Å². The number of carbonyl (C=O) groups is 4. The highest BCUT2D eigenvalue weighted by Crippen LogP contribution is 2.35. The highest BCUT2D eigenvalue weighted by Gasteiger charge is 2.57. The number of amides is 5. The van der Waals surface area contributed by atoms with Crippen molar-refractivity contribution in [3.63, 3.8) is 0 Å². The summed E-state index contributed by atoms with van der Waals surface area (Å²) in [4.78, 5) is 54.1. The first-order chi connectivity index (χ1) is 16.0. The number of ether oxygens (including phenoxy) is 1. The van der Waals surface area contributed by atoms with Crippen LogP contribution in [0.4, 0.5) is 9.59 Å². The normalized spacial score (nSPS) is 19.4. The van der Waals surface area contributed by atoms with Crippen LogP contribution >= 0.6 is 15.9 Å². The Labute approximate surface area is 207 Å². The second-order valence-electron chi connectivity index (χ2n) is 8.78. The number of urea groups is 1. The highest BCUT2D eigenvalue weighted by molar-refractivity contribution is 9.10. The minimum atomic E-state index is -1.63. The Kier molecular flexibility index (Phi) is 7.16. The summed E-state index contributed by atoms with van der Waals surface area (Å²) >= 11 is 3.36. The number of hydrogen-bond donors (Lipinski definition) is 1. The average molecular weight is 530 g/mol. The summed E-state index contributed by atoms with van der Waals surface area (Å²) in [6.07, 6.45) is -1.06. The van der Waals surface area contributed by atoms with Crippen molar-refractivity contribution in [3.05, 3.63) is 69.7 Å². The number of nitrogens with zero attached hydrogens (tertiary/aromatic N) is 2. The fourth-order valence-electron chi connectivity index (χ4n) is 3.91. The predicted molar refractivity (Wildman–Crippen MR) is 130 cm³/mol. The van der Waals surface area contributed by atoms with Crippen molar-refractivity contribution in [2.45, 2.75) is 52.3 Å². The molecule has 0 spiro atoms. The van der Waals surface area contributed by atoms with Crippen LogP contribution in [0.3, 0.4) is 0 Å². The molecular weight excluding hydrogens is 502 g/mol. The van der Waals surface area contributed by atoms with Gasteiger partial charge in [-0.3, -0.25) is 9.59 Å². The summed E-state index contributed by atoms with van der Waals surface area (Å²) in [7, 11) is 0. The molecule has 180 valence electrons. The standard InChI is InChI=1S/C23H22BrN3O5.C2H6/c1-22(2,3)32-21(31)27-19(29)23(25-20(27)30,15-8-10-16(24)11-9-15)13-26-12-14-6-4-5-7-17(14)18(26)28;1-2/h4-11H,12-13H2,1-3H3,(H,25,30);1-2H3. The molecule has 5 amide bonds. The van der Waals surface area contributed by atoms with Crippen LogP contribution in [-0.4, -0.2) is 45.9 Å². The lowest BCUT2D eigenvalue weighted by Gasteiger charge is -2.31. The van der Waals surface area contributed by atoms with Crippen molar-refractivity contribution in [1.29, 1.82) is 0 Å². The van der Waals surface area contributed by atoms with E-state index in [1.807, 2.05) is 26.0 Å². The van der Waals surface area contributed by atoms with E-state index in [1.165, 1.54) is 4.90 Å². The maximum Gasteiger partial charge on any atom is 0.425 e. The quantitative estimate of drug-likeness (QED) is 0.575. The van der Waals surface area contributed by atoms with E-state index in [0.29, 0.717) is 22.6 Å². The lowest BCUT2D eigenvalue weighted by atomic mass is 9.89. The molecule has 1 saturated heterocycles. The number of imide groups is 3. The van der Waals surface area contributed by atoms with Crippen molar-refractivity contribution in [1.82, 2.24) is 15.1 Å². The first kappa shape index (κ1) is 25.4. The molecule has 4 rings (SSSR count). The van der Waals surface area contributed by atoms with Gasteiger partial charge < -0.3 is 15.0 Å². The Balaban J connectivity index is 0.00000158. The van der Waals surface area contributed by atoms with E-state index in [1.54, 1.807) is 57.2 Å². The van der Waals surface area contributed by atoms with Gasteiger partial charge in [-0.1, -0.05) is 60.1 Å². The topological polar surface area (TPSA) is 96.0 Å². The molecule has 1 unspecified atom stereocenters. The SMILES string of the molecule is CC.CC(C)(C)OC(=O)N1C(=O)NC(CN2Cc3ccccc3C2=O)(c2ccc(Br)cc2)C1=O. The molecule has 1 N–H and O–H groups in total. The second-order valence-corrected chi connectivity index (χ2v) is 9.70. The van der Waals surface area contributed by atoms with Gasteiger partial charge in [0.05, 0.1) is 6.54 Å². The van der Waals surface area contributed by atoms with Crippen molar-refractivity contribution < 1.29 is 23.9 Å². The Hall–Kier alpha value is -3.20. The number of carbonyl (C=O) groups excluding carboxylic acids is 4. The van der Waals surface area contributed by atoms with E-state index in [-0.39, 0.29) is 12.5 Å². The molecule has 9 heteroatoms. The van der Waals surface area contributed by atoms with Crippen LogP contribution in [0.5, 0.6) is 0 Å². The van der Waals surface area contributed by atoms with Crippen LogP contribution in [-0.2, 0) is 21.6 Å². The van der Waals surface area contributed by atoms with Crippen molar-refractivity contribution in [2.75, 3.05) is 6.54 Å². The zero-order valence-electron chi connectivity index (χ0n) is 19.8. The van der Waals surface area contributed by atoms with E-state index in [4.69, 9.17) is 4.74 Å². The zero-order valence-corrected chi connectivity index (χ0v) is 21.4. The van der Waals surface area contributed by atoms with Crippen LogP contribution in [0.1, 0.15) is 56.1 Å². The molecule has 2 aliphatic heterocycles. The van der Waals surface area contributed by atoms with E-state index in [0.717, 1.165) is 10.0 Å². The van der Waals surface area contributed by atoms with Gasteiger partial charge in [-0.15, -0.1) is 0 Å². The minimum Gasteiger partial charge on any atom is -0.443 e. The summed E-state index contributed by atoms with van der Waals surface area (Å²) in [6.45, 7) is 9.09. The van der Waals surface area contributed by atoms with Gasteiger partial charge in [-0.05, 0) is 50.1 Å². The number of halogens is 1. The molecule has 34 heavy (non-hydrogen) atoms. The Bertz CT molecular complexity index is 1130. The summed E-state index contributed by atoms with van der Waals surface area (Å²) < 4.78 is 6.05. The smallest absolute Gasteiger partial charge is 0.425 e. The third kappa shape index (κ3) is 4.70. The number of benzene rings is 2. The fourth-order valence-corrected chi connectivity index (χ4v) is 4.17. The molecule has 0 aliphatic carbocycles. The monoisotopic (exact) mass is 529 g/mol. The van der Waals surface area contributed by atoms with E-state index >= 15 is 0 Å². The number of rotatable bonds is 3. The van der Waals surface area contributed by atoms with Crippen molar-refractivity contribution in [2.24, 2.45) is 0 Å². The summed E-state index contributed by atoms with van der Waals surface area (Å²) in [5.74, 6) is -1.03. The van der Waals surface area contributed by atoms with Crippen molar-refractivity contribution in [3.8, 4) is 0 Å². The maximum absolute atomic E-state index is 13.6. The lowest BCUT2D eigenvalue weighted by molar-refractivity contribution is -0.131. The van der Waals surface area contributed by atoms with E-state index in [2.05, 4.69) is 21.2 Å². The van der Waals surface area contributed by atoms with Gasteiger partial charge in [0, 0.05) is 16.6 Å². The molecule has 1 fully saturated rings. The Morgan fingerprint density at radius 3 is 2.26 bits per heavy atom. The average Bonchev–Trinajstić information content (AvgIpc) is 3.22. The largest absolute Gasteiger partial charge is 0.443 e. The van der Waals surface area contributed by atoms with Crippen LogP contribution in [0, 0.1) is 0 Å². The van der Waals surface area contributed by atoms with Crippen LogP contribution in [0.2, 0.25) is 0 Å². The summed E-state index contributed by atoms with van der Waals surface area (Å²) in [5, 5.41) is 2.67.